The Hall–Kier alpha value is 0.130. The van der Waals surface area contributed by atoms with Gasteiger partial charge in [0.15, 0.2) is 0 Å². The lowest BCUT2D eigenvalue weighted by Crippen LogP contribution is -3.00. The highest BCUT2D eigenvalue weighted by atomic mass is 127. The zero-order valence-electron chi connectivity index (χ0n) is 12.1. The second-order valence-electron chi connectivity index (χ2n) is 5.68. The van der Waals surface area contributed by atoms with E-state index in [1.54, 1.807) is 0 Å². The highest BCUT2D eigenvalue weighted by Crippen LogP contribution is 2.13. The van der Waals surface area contributed by atoms with Gasteiger partial charge in [-0.3, -0.25) is 0 Å². The third kappa shape index (κ3) is 6.90. The molecule has 18 heavy (non-hydrogen) atoms. The fourth-order valence-electron chi connectivity index (χ4n) is 2.32. The van der Waals surface area contributed by atoms with Crippen molar-refractivity contribution in [3.8, 4) is 0 Å². The van der Waals surface area contributed by atoms with Crippen LogP contribution in [0.4, 0.5) is 0 Å². The van der Waals surface area contributed by atoms with Crippen LogP contribution in [0, 0.1) is 5.92 Å². The van der Waals surface area contributed by atoms with Crippen molar-refractivity contribution in [3.05, 3.63) is 24.3 Å². The number of allylic oxidation sites excluding steroid dienone is 2. The third-order valence-corrected chi connectivity index (χ3v) is 3.70. The molecular formula is C15H28INO. The molecule has 0 aromatic carbocycles. The van der Waals surface area contributed by atoms with Crippen molar-refractivity contribution in [3.63, 3.8) is 0 Å². The van der Waals surface area contributed by atoms with Crippen LogP contribution >= 0.6 is 0 Å². The van der Waals surface area contributed by atoms with Crippen LogP contribution in [0.2, 0.25) is 0 Å². The molecule has 3 heteroatoms. The van der Waals surface area contributed by atoms with Crippen LogP contribution in [0.15, 0.2) is 24.3 Å². The summed E-state index contributed by atoms with van der Waals surface area (Å²) >= 11 is 0. The molecule has 0 amide bonds. The summed E-state index contributed by atoms with van der Waals surface area (Å²) < 4.78 is 6.57. The molecule has 1 saturated heterocycles. The summed E-state index contributed by atoms with van der Waals surface area (Å²) in [5.74, 6) is 0.632. The summed E-state index contributed by atoms with van der Waals surface area (Å²) in [6, 6.07) is 0. The largest absolute Gasteiger partial charge is 1.00 e. The van der Waals surface area contributed by atoms with Crippen molar-refractivity contribution in [2.75, 3.05) is 39.9 Å². The standard InChI is InChI=1S/C15H28NO.HI/c1-5-14(2)7-6-8-15(3)13-16(4)9-11-17-12-10-16;/h5,8,14H,1,6-7,9-13H2,2-4H3;1H/q+1;/p-1. The molecule has 1 atom stereocenters. The molecule has 1 unspecified atom stereocenters. The first-order valence-electron chi connectivity index (χ1n) is 6.75. The van der Waals surface area contributed by atoms with E-state index in [1.165, 1.54) is 25.0 Å². The maximum atomic E-state index is 5.43. The molecule has 0 aliphatic carbocycles. The summed E-state index contributed by atoms with van der Waals surface area (Å²) in [6.45, 7) is 13.6. The Balaban J connectivity index is 0.00000289. The van der Waals surface area contributed by atoms with Gasteiger partial charge >= 0.3 is 0 Å². The van der Waals surface area contributed by atoms with E-state index in [-0.39, 0.29) is 24.0 Å². The fourth-order valence-corrected chi connectivity index (χ4v) is 2.32. The topological polar surface area (TPSA) is 9.23 Å². The Morgan fingerprint density at radius 2 is 2.00 bits per heavy atom. The SMILES string of the molecule is C=CC(C)CCC=C(C)C[N+]1(C)CCOCC1.[I-]. The van der Waals surface area contributed by atoms with Crippen LogP contribution in [0.1, 0.15) is 26.7 Å². The molecule has 0 spiro atoms. The van der Waals surface area contributed by atoms with E-state index in [4.69, 9.17) is 4.74 Å². The van der Waals surface area contributed by atoms with Crippen LogP contribution in [0.5, 0.6) is 0 Å². The minimum Gasteiger partial charge on any atom is -1.00 e. The molecule has 1 heterocycles. The van der Waals surface area contributed by atoms with Crippen LogP contribution in [0.25, 0.3) is 0 Å². The summed E-state index contributed by atoms with van der Waals surface area (Å²) in [4.78, 5) is 0. The minimum atomic E-state index is 0. The molecule has 0 N–H and O–H groups in total. The number of rotatable bonds is 6. The quantitative estimate of drug-likeness (QED) is 0.366. The van der Waals surface area contributed by atoms with Gasteiger partial charge < -0.3 is 33.2 Å². The predicted molar refractivity (Wildman–Crippen MR) is 74.0 cm³/mol. The first-order chi connectivity index (χ1) is 8.06. The van der Waals surface area contributed by atoms with E-state index in [1.807, 2.05) is 6.08 Å². The Morgan fingerprint density at radius 1 is 1.39 bits per heavy atom. The lowest BCUT2D eigenvalue weighted by atomic mass is 10.0. The van der Waals surface area contributed by atoms with Crippen molar-refractivity contribution in [1.82, 2.24) is 0 Å². The summed E-state index contributed by atoms with van der Waals surface area (Å²) in [6.07, 6.45) is 6.83. The minimum absolute atomic E-state index is 0. The van der Waals surface area contributed by atoms with Crippen LogP contribution < -0.4 is 24.0 Å². The van der Waals surface area contributed by atoms with Gasteiger partial charge in [0.05, 0.1) is 26.8 Å². The first kappa shape index (κ1) is 18.1. The lowest BCUT2D eigenvalue weighted by molar-refractivity contribution is -0.912. The molecule has 1 rings (SSSR count). The molecule has 0 radical (unpaired) electrons. The summed E-state index contributed by atoms with van der Waals surface area (Å²) in [5.41, 5.74) is 1.52. The van der Waals surface area contributed by atoms with Crippen LogP contribution in [-0.2, 0) is 4.74 Å². The molecule has 0 aromatic rings. The van der Waals surface area contributed by atoms with Crippen molar-refractivity contribution in [2.24, 2.45) is 5.92 Å². The third-order valence-electron chi connectivity index (χ3n) is 3.70. The van der Waals surface area contributed by atoms with Gasteiger partial charge in [0, 0.05) is 0 Å². The molecular weight excluding hydrogens is 337 g/mol. The van der Waals surface area contributed by atoms with Gasteiger partial charge in [-0.2, -0.15) is 0 Å². The lowest BCUT2D eigenvalue weighted by Gasteiger charge is -2.37. The Bertz CT molecular complexity index is 270. The Kier molecular flexibility index (Phi) is 9.17. The highest BCUT2D eigenvalue weighted by molar-refractivity contribution is 4.98. The maximum Gasteiger partial charge on any atom is 0.103 e. The smallest absolute Gasteiger partial charge is 0.103 e. The number of hydrogen-bond acceptors (Lipinski definition) is 1. The van der Waals surface area contributed by atoms with Crippen LogP contribution in [-0.4, -0.2) is 44.4 Å². The van der Waals surface area contributed by atoms with Gasteiger partial charge in [0.25, 0.3) is 0 Å². The van der Waals surface area contributed by atoms with Gasteiger partial charge in [0.2, 0.25) is 0 Å². The number of ether oxygens (including phenoxy) is 1. The molecule has 1 aliphatic heterocycles. The fraction of sp³-hybridized carbons (Fsp3) is 0.733. The summed E-state index contributed by atoms with van der Waals surface area (Å²) in [7, 11) is 2.34. The number of quaternary nitrogens is 1. The molecule has 1 aliphatic rings. The second kappa shape index (κ2) is 9.10. The summed E-state index contributed by atoms with van der Waals surface area (Å²) in [5, 5.41) is 0. The molecule has 2 nitrogen and oxygen atoms in total. The zero-order chi connectivity index (χ0) is 12.7. The van der Waals surface area contributed by atoms with Crippen molar-refractivity contribution in [2.45, 2.75) is 26.7 Å². The molecule has 106 valence electrons. The average molecular weight is 365 g/mol. The van der Waals surface area contributed by atoms with E-state index in [0.29, 0.717) is 5.92 Å². The van der Waals surface area contributed by atoms with E-state index in [0.717, 1.165) is 30.8 Å². The van der Waals surface area contributed by atoms with Gasteiger partial charge in [-0.25, -0.2) is 0 Å². The normalized spacial score (nSPS) is 20.9. The monoisotopic (exact) mass is 365 g/mol. The Morgan fingerprint density at radius 3 is 2.56 bits per heavy atom. The number of morpholine rings is 1. The maximum absolute atomic E-state index is 5.43. The van der Waals surface area contributed by atoms with Gasteiger partial charge in [0.1, 0.15) is 13.1 Å². The van der Waals surface area contributed by atoms with Crippen molar-refractivity contribution >= 4 is 0 Å². The number of halogens is 1. The van der Waals surface area contributed by atoms with Crippen molar-refractivity contribution < 1.29 is 33.2 Å². The predicted octanol–water partition coefficient (Wildman–Crippen LogP) is 0.0158. The van der Waals surface area contributed by atoms with Gasteiger partial charge in [-0.15, -0.1) is 6.58 Å². The second-order valence-corrected chi connectivity index (χ2v) is 5.68. The zero-order valence-corrected chi connectivity index (χ0v) is 14.3. The van der Waals surface area contributed by atoms with E-state index in [2.05, 4.69) is 33.6 Å². The highest BCUT2D eigenvalue weighted by Gasteiger charge is 2.24. The molecule has 0 bridgehead atoms. The first-order valence-corrected chi connectivity index (χ1v) is 6.75. The molecule has 0 saturated carbocycles. The van der Waals surface area contributed by atoms with E-state index >= 15 is 0 Å². The average Bonchev–Trinajstić information content (AvgIpc) is 2.29. The van der Waals surface area contributed by atoms with E-state index in [9.17, 15) is 0 Å². The molecule has 1 fully saturated rings. The number of likely N-dealkylation sites (N-methyl/N-ethyl adjacent to an activating group) is 1. The molecule has 0 aromatic heterocycles. The van der Waals surface area contributed by atoms with Crippen molar-refractivity contribution in [1.29, 1.82) is 0 Å². The van der Waals surface area contributed by atoms with Crippen LogP contribution in [0.3, 0.4) is 0 Å². The number of nitrogens with zero attached hydrogens (tertiary/aromatic N) is 1. The van der Waals surface area contributed by atoms with E-state index < -0.39 is 0 Å². The Labute approximate surface area is 130 Å². The number of hydrogen-bond donors (Lipinski definition) is 0. The van der Waals surface area contributed by atoms with Gasteiger partial charge in [-0.05, 0) is 31.3 Å². The van der Waals surface area contributed by atoms with Gasteiger partial charge in [-0.1, -0.05) is 19.1 Å².